The standard InChI is InChI=1S/C26H28ClN7O3/c1-3-33(4-2)13-14-37-22-10-7-18(15-20(22)27)32-26(36)31-17-5-8-19(9-6-17)34-12-11-21(35)23-24(28)29-16-30-25(23)34/h5-12,15-16H,3-4,13-14H2,1-2H3,(H2,28,29,30)(H2,31,32,36). The van der Waals surface area contributed by atoms with Gasteiger partial charge in [0.15, 0.2) is 11.1 Å². The molecule has 11 heteroatoms. The number of carbonyl (C=O) groups is 1. The average molecular weight is 522 g/mol. The lowest BCUT2D eigenvalue weighted by atomic mass is 10.2. The maximum absolute atomic E-state index is 12.5. The van der Waals surface area contributed by atoms with E-state index >= 15 is 0 Å². The summed E-state index contributed by atoms with van der Waals surface area (Å²) in [6, 6.07) is 13.2. The zero-order valence-electron chi connectivity index (χ0n) is 20.6. The van der Waals surface area contributed by atoms with Crippen LogP contribution in [0, 0.1) is 0 Å². The summed E-state index contributed by atoms with van der Waals surface area (Å²) in [4.78, 5) is 35.1. The van der Waals surface area contributed by atoms with Crippen molar-refractivity contribution in [2.75, 3.05) is 42.6 Å². The molecule has 0 fully saturated rings. The number of aromatic nitrogens is 3. The van der Waals surface area contributed by atoms with E-state index in [0.29, 0.717) is 34.4 Å². The van der Waals surface area contributed by atoms with Gasteiger partial charge in [-0.25, -0.2) is 14.8 Å². The lowest BCUT2D eigenvalue weighted by Crippen LogP contribution is -2.27. The number of rotatable bonds is 9. The van der Waals surface area contributed by atoms with Crippen LogP contribution in [-0.4, -0.2) is 51.7 Å². The second-order valence-corrected chi connectivity index (χ2v) is 8.56. The topological polar surface area (TPSA) is 127 Å². The van der Waals surface area contributed by atoms with Crippen LogP contribution >= 0.6 is 11.6 Å². The second-order valence-electron chi connectivity index (χ2n) is 8.15. The lowest BCUT2D eigenvalue weighted by Gasteiger charge is -2.18. The molecule has 0 aliphatic rings. The van der Waals surface area contributed by atoms with Gasteiger partial charge in [0.25, 0.3) is 0 Å². The molecular weight excluding hydrogens is 494 g/mol. The first-order valence-electron chi connectivity index (χ1n) is 11.8. The number of fused-ring (bicyclic) bond motifs is 1. The lowest BCUT2D eigenvalue weighted by molar-refractivity contribution is 0.223. The Labute approximate surface area is 219 Å². The Hall–Kier alpha value is -4.15. The minimum Gasteiger partial charge on any atom is -0.491 e. The number of nitrogens with zero attached hydrogens (tertiary/aromatic N) is 4. The zero-order valence-corrected chi connectivity index (χ0v) is 21.3. The average Bonchev–Trinajstić information content (AvgIpc) is 2.88. The normalized spacial score (nSPS) is 11.0. The number of hydrogen-bond donors (Lipinski definition) is 3. The first-order valence-corrected chi connectivity index (χ1v) is 12.2. The smallest absolute Gasteiger partial charge is 0.323 e. The van der Waals surface area contributed by atoms with Gasteiger partial charge >= 0.3 is 6.03 Å². The number of amides is 2. The molecule has 4 aromatic rings. The van der Waals surface area contributed by atoms with Crippen LogP contribution in [-0.2, 0) is 0 Å². The monoisotopic (exact) mass is 521 g/mol. The summed E-state index contributed by atoms with van der Waals surface area (Å²) >= 11 is 6.34. The number of nitrogens with one attached hydrogen (secondary N) is 2. The van der Waals surface area contributed by atoms with E-state index < -0.39 is 6.03 Å². The molecule has 10 nitrogen and oxygen atoms in total. The van der Waals surface area contributed by atoms with Gasteiger partial charge in [0.05, 0.1) is 5.02 Å². The summed E-state index contributed by atoms with van der Waals surface area (Å²) in [6.45, 7) is 7.48. The molecule has 4 rings (SSSR count). The van der Waals surface area contributed by atoms with Gasteiger partial charge in [0.1, 0.15) is 29.9 Å². The molecule has 2 amide bonds. The van der Waals surface area contributed by atoms with Crippen LogP contribution in [0.2, 0.25) is 5.02 Å². The zero-order chi connectivity index (χ0) is 26.4. The number of ether oxygens (including phenoxy) is 1. The minimum absolute atomic E-state index is 0.124. The van der Waals surface area contributed by atoms with Gasteiger partial charge in [-0.3, -0.25) is 4.79 Å². The summed E-state index contributed by atoms with van der Waals surface area (Å²) in [6.07, 6.45) is 2.93. The van der Waals surface area contributed by atoms with Crippen molar-refractivity contribution >= 4 is 45.9 Å². The molecule has 192 valence electrons. The number of anilines is 3. The van der Waals surface area contributed by atoms with Crippen molar-refractivity contribution in [1.82, 2.24) is 19.4 Å². The fourth-order valence-electron chi connectivity index (χ4n) is 3.83. The van der Waals surface area contributed by atoms with Crippen molar-refractivity contribution in [2.24, 2.45) is 0 Å². The molecule has 0 bridgehead atoms. The highest BCUT2D eigenvalue weighted by Gasteiger charge is 2.11. The molecule has 0 radical (unpaired) electrons. The highest BCUT2D eigenvalue weighted by molar-refractivity contribution is 6.32. The molecule has 0 spiro atoms. The third kappa shape index (κ3) is 6.16. The molecule has 37 heavy (non-hydrogen) atoms. The molecule has 0 saturated heterocycles. The Kier molecular flexibility index (Phi) is 8.22. The number of nitrogens with two attached hydrogens (primary N) is 1. The van der Waals surface area contributed by atoms with Crippen LogP contribution in [0.1, 0.15) is 13.8 Å². The number of pyridine rings is 1. The molecule has 2 aromatic heterocycles. The van der Waals surface area contributed by atoms with E-state index in [2.05, 4.69) is 39.3 Å². The number of nitrogen functional groups attached to an aromatic ring is 1. The number of urea groups is 1. The number of carbonyl (C=O) groups excluding carboxylic acids is 1. The van der Waals surface area contributed by atoms with Crippen molar-refractivity contribution in [3.63, 3.8) is 0 Å². The van der Waals surface area contributed by atoms with Gasteiger partial charge in [0.2, 0.25) is 0 Å². The molecule has 2 aromatic carbocycles. The Morgan fingerprint density at radius 1 is 1.05 bits per heavy atom. The highest BCUT2D eigenvalue weighted by Crippen LogP contribution is 2.28. The predicted octanol–water partition coefficient (Wildman–Crippen LogP) is 4.38. The first kappa shape index (κ1) is 25.9. The summed E-state index contributed by atoms with van der Waals surface area (Å²) in [7, 11) is 0. The van der Waals surface area contributed by atoms with Gasteiger partial charge in [0, 0.05) is 35.9 Å². The Balaban J connectivity index is 1.39. The summed E-state index contributed by atoms with van der Waals surface area (Å²) in [5, 5.41) is 6.22. The molecule has 0 aliphatic heterocycles. The van der Waals surface area contributed by atoms with Crippen LogP contribution in [0.25, 0.3) is 16.7 Å². The van der Waals surface area contributed by atoms with E-state index in [-0.39, 0.29) is 16.6 Å². The van der Waals surface area contributed by atoms with Crippen LogP contribution in [0.5, 0.6) is 5.75 Å². The molecule has 0 saturated carbocycles. The van der Waals surface area contributed by atoms with E-state index in [1.165, 1.54) is 12.4 Å². The Morgan fingerprint density at radius 2 is 1.76 bits per heavy atom. The van der Waals surface area contributed by atoms with Crippen molar-refractivity contribution in [3.05, 3.63) is 76.3 Å². The Morgan fingerprint density at radius 3 is 2.46 bits per heavy atom. The number of benzene rings is 2. The summed E-state index contributed by atoms with van der Waals surface area (Å²) in [5.74, 6) is 0.691. The third-order valence-corrected chi connectivity index (χ3v) is 6.15. The van der Waals surface area contributed by atoms with E-state index in [0.717, 1.165) is 25.3 Å². The quantitative estimate of drug-likeness (QED) is 0.298. The molecule has 4 N–H and O–H groups in total. The van der Waals surface area contributed by atoms with Crippen molar-refractivity contribution in [2.45, 2.75) is 13.8 Å². The largest absolute Gasteiger partial charge is 0.491 e. The van der Waals surface area contributed by atoms with Crippen LogP contribution in [0.15, 0.2) is 65.8 Å². The van der Waals surface area contributed by atoms with Gasteiger partial charge in [-0.2, -0.15) is 0 Å². The third-order valence-electron chi connectivity index (χ3n) is 5.86. The Bertz CT molecular complexity index is 1450. The maximum atomic E-state index is 12.5. The first-order chi connectivity index (χ1) is 17.9. The van der Waals surface area contributed by atoms with Crippen molar-refractivity contribution in [3.8, 4) is 11.4 Å². The van der Waals surface area contributed by atoms with Gasteiger partial charge < -0.3 is 30.6 Å². The number of likely N-dealkylation sites (N-methyl/N-ethyl adjacent to an activating group) is 1. The molecule has 0 unspecified atom stereocenters. The van der Waals surface area contributed by atoms with Gasteiger partial charge in [-0.15, -0.1) is 0 Å². The van der Waals surface area contributed by atoms with E-state index in [1.54, 1.807) is 53.2 Å². The molecule has 2 heterocycles. The summed E-state index contributed by atoms with van der Waals surface area (Å²) in [5.41, 5.74) is 7.86. The fourth-order valence-corrected chi connectivity index (χ4v) is 4.07. The molecule has 0 atom stereocenters. The number of halogens is 1. The van der Waals surface area contributed by atoms with E-state index in [9.17, 15) is 9.59 Å². The number of hydrogen-bond acceptors (Lipinski definition) is 7. The van der Waals surface area contributed by atoms with Crippen LogP contribution < -0.4 is 26.5 Å². The SMILES string of the molecule is CCN(CC)CCOc1ccc(NC(=O)Nc2ccc(-n3ccc(=O)c4c(N)ncnc43)cc2)cc1Cl. The van der Waals surface area contributed by atoms with Crippen molar-refractivity contribution in [1.29, 1.82) is 0 Å². The predicted molar refractivity (Wildman–Crippen MR) is 147 cm³/mol. The van der Waals surface area contributed by atoms with E-state index in [1.807, 2.05) is 0 Å². The highest BCUT2D eigenvalue weighted by atomic mass is 35.5. The van der Waals surface area contributed by atoms with Crippen molar-refractivity contribution < 1.29 is 9.53 Å². The molecule has 0 aliphatic carbocycles. The summed E-state index contributed by atoms with van der Waals surface area (Å²) < 4.78 is 7.51. The van der Waals surface area contributed by atoms with Gasteiger partial charge in [-0.05, 0) is 55.6 Å². The van der Waals surface area contributed by atoms with E-state index in [4.69, 9.17) is 22.1 Å². The second kappa shape index (κ2) is 11.7. The van der Waals surface area contributed by atoms with Crippen LogP contribution in [0.3, 0.4) is 0 Å². The fraction of sp³-hybridized carbons (Fsp3) is 0.231. The van der Waals surface area contributed by atoms with Gasteiger partial charge in [-0.1, -0.05) is 25.4 Å². The minimum atomic E-state index is -0.423. The maximum Gasteiger partial charge on any atom is 0.323 e. The molecular formula is C26H28ClN7O3. The van der Waals surface area contributed by atoms with Crippen LogP contribution in [0.4, 0.5) is 22.0 Å².